The largest absolute Gasteiger partial charge is 0.0843 e. The maximum Gasteiger partial charge on any atom is 0.0719 e. The van der Waals surface area contributed by atoms with Crippen LogP contribution in [0.5, 0.6) is 0 Å². The van der Waals surface area contributed by atoms with Gasteiger partial charge in [-0.3, -0.25) is 0 Å². The summed E-state index contributed by atoms with van der Waals surface area (Å²) < 4.78 is 0. The number of hydrogen-bond acceptors (Lipinski definition) is 0. The molecule has 0 aliphatic heterocycles. The van der Waals surface area contributed by atoms with Crippen LogP contribution in [0.2, 0.25) is 5.02 Å². The molecule has 2 aliphatic carbocycles. The van der Waals surface area contributed by atoms with Crippen molar-refractivity contribution in [2.75, 3.05) is 0 Å². The molecule has 0 fully saturated rings. The predicted octanol–water partition coefficient (Wildman–Crippen LogP) is 9.94. The topological polar surface area (TPSA) is 0 Å². The Balaban J connectivity index is 1.41. The summed E-state index contributed by atoms with van der Waals surface area (Å²) >= 11 is 6.34. The molecule has 1 heteroatoms. The van der Waals surface area contributed by atoms with Gasteiger partial charge >= 0.3 is 0 Å². The molecule has 0 spiro atoms. The molecule has 0 heterocycles. The zero-order valence-corrected chi connectivity index (χ0v) is 22.1. The third-order valence-corrected chi connectivity index (χ3v) is 8.88. The zero-order valence-electron chi connectivity index (χ0n) is 21.4. The summed E-state index contributed by atoms with van der Waals surface area (Å²) in [6, 6.07) is 51.2. The van der Waals surface area contributed by atoms with Crippen molar-refractivity contribution in [3.8, 4) is 33.4 Å². The van der Waals surface area contributed by atoms with Gasteiger partial charge in [0.1, 0.15) is 0 Å². The van der Waals surface area contributed by atoms with Crippen LogP contribution in [0.15, 0.2) is 140 Å². The van der Waals surface area contributed by atoms with Crippen LogP contribution in [-0.4, -0.2) is 0 Å². The summed E-state index contributed by atoms with van der Waals surface area (Å²) in [5.74, 6) is 0. The Kier molecular flexibility index (Phi) is 4.96. The maximum absolute atomic E-state index is 6.34. The smallest absolute Gasteiger partial charge is 0.0719 e. The molecule has 0 aromatic heterocycles. The third-order valence-electron chi connectivity index (χ3n) is 8.64. The van der Waals surface area contributed by atoms with Crippen LogP contribution in [-0.2, 0) is 11.8 Å². The highest BCUT2D eigenvalue weighted by molar-refractivity contribution is 6.30. The molecule has 0 radical (unpaired) electrons. The Morgan fingerprint density at radius 3 is 1.62 bits per heavy atom. The van der Waals surface area contributed by atoms with E-state index in [2.05, 4.69) is 133 Å². The Morgan fingerprint density at radius 2 is 0.949 bits per heavy atom. The first-order valence-electron chi connectivity index (χ1n) is 13.5. The molecule has 0 nitrogen and oxygen atoms in total. The van der Waals surface area contributed by atoms with Crippen molar-refractivity contribution in [3.63, 3.8) is 0 Å². The molecule has 0 bridgehead atoms. The summed E-state index contributed by atoms with van der Waals surface area (Å²) in [7, 11) is 0. The van der Waals surface area contributed by atoms with Crippen LogP contribution in [0, 0.1) is 0 Å². The van der Waals surface area contributed by atoms with E-state index in [1.807, 2.05) is 6.07 Å². The Labute approximate surface area is 234 Å². The highest BCUT2D eigenvalue weighted by Crippen LogP contribution is 2.57. The van der Waals surface area contributed by atoms with Crippen molar-refractivity contribution < 1.29 is 0 Å². The number of rotatable bonds is 3. The molecule has 0 N–H and O–H groups in total. The summed E-state index contributed by atoms with van der Waals surface area (Å²) in [4.78, 5) is 0. The normalized spacial score (nSPS) is 13.9. The molecule has 8 rings (SSSR count). The molecule has 0 unspecified atom stereocenters. The van der Waals surface area contributed by atoms with Gasteiger partial charge in [0, 0.05) is 5.02 Å². The second-order valence-electron chi connectivity index (χ2n) is 10.6. The fourth-order valence-electron chi connectivity index (χ4n) is 7.09. The number of halogens is 1. The monoisotopic (exact) mass is 516 g/mol. The van der Waals surface area contributed by atoms with Gasteiger partial charge in [-0.15, -0.1) is 0 Å². The Bertz CT molecular complexity index is 1850. The van der Waals surface area contributed by atoms with Gasteiger partial charge < -0.3 is 0 Å². The maximum atomic E-state index is 6.34. The fourth-order valence-corrected chi connectivity index (χ4v) is 7.28. The van der Waals surface area contributed by atoms with E-state index in [-0.39, 0.29) is 0 Å². The summed E-state index contributed by atoms with van der Waals surface area (Å²) in [6.07, 6.45) is 0.913. The van der Waals surface area contributed by atoms with Crippen molar-refractivity contribution >= 4 is 11.6 Å². The van der Waals surface area contributed by atoms with Gasteiger partial charge in [0.25, 0.3) is 0 Å². The van der Waals surface area contributed by atoms with Gasteiger partial charge in [-0.25, -0.2) is 0 Å². The minimum atomic E-state index is -0.416. The molecular weight excluding hydrogens is 492 g/mol. The van der Waals surface area contributed by atoms with Crippen LogP contribution in [0.4, 0.5) is 0 Å². The molecule has 0 saturated heterocycles. The quantitative estimate of drug-likeness (QED) is 0.219. The van der Waals surface area contributed by atoms with Gasteiger partial charge in [0.15, 0.2) is 0 Å². The van der Waals surface area contributed by atoms with Gasteiger partial charge in [0.05, 0.1) is 5.41 Å². The lowest BCUT2D eigenvalue weighted by Crippen LogP contribution is -2.29. The molecule has 184 valence electrons. The molecule has 6 aromatic rings. The second-order valence-corrected chi connectivity index (χ2v) is 11.0. The van der Waals surface area contributed by atoms with Gasteiger partial charge in [0.2, 0.25) is 0 Å². The lowest BCUT2D eigenvalue weighted by Gasteiger charge is -2.35. The fraction of sp³-hybridized carbons (Fsp3) is 0.0526. The standard InChI is InChI=1S/C38H25Cl/c39-29-19-21-31-27(24-29)23-26-22-25(18-20-30(26)31)32-12-4-7-15-35(32)38(28-10-2-1-3-11-28)36-16-8-5-13-33(36)34-14-6-9-17-37(34)38/h1-22,24H,23H2. The first-order chi connectivity index (χ1) is 19.2. The lowest BCUT2D eigenvalue weighted by atomic mass is 9.66. The van der Waals surface area contributed by atoms with E-state index < -0.39 is 5.41 Å². The molecule has 6 aromatic carbocycles. The van der Waals surface area contributed by atoms with Crippen molar-refractivity contribution in [2.24, 2.45) is 0 Å². The van der Waals surface area contributed by atoms with E-state index >= 15 is 0 Å². The van der Waals surface area contributed by atoms with Crippen LogP contribution in [0.25, 0.3) is 33.4 Å². The van der Waals surface area contributed by atoms with E-state index in [1.54, 1.807) is 0 Å². The molecular formula is C38H25Cl. The highest BCUT2D eigenvalue weighted by atomic mass is 35.5. The van der Waals surface area contributed by atoms with Crippen LogP contribution in [0.3, 0.4) is 0 Å². The van der Waals surface area contributed by atoms with Crippen molar-refractivity contribution in [1.82, 2.24) is 0 Å². The molecule has 39 heavy (non-hydrogen) atoms. The van der Waals surface area contributed by atoms with Crippen molar-refractivity contribution in [1.29, 1.82) is 0 Å². The van der Waals surface area contributed by atoms with E-state index in [1.165, 1.54) is 66.8 Å². The zero-order chi connectivity index (χ0) is 26.0. The minimum absolute atomic E-state index is 0.416. The molecule has 2 aliphatic rings. The highest BCUT2D eigenvalue weighted by Gasteiger charge is 2.46. The van der Waals surface area contributed by atoms with Crippen molar-refractivity contribution in [3.05, 3.63) is 178 Å². The van der Waals surface area contributed by atoms with Crippen LogP contribution in [0.1, 0.15) is 33.4 Å². The number of benzene rings is 6. The third kappa shape index (κ3) is 3.19. The average Bonchev–Trinajstić information content (AvgIpc) is 3.50. The van der Waals surface area contributed by atoms with Gasteiger partial charge in [-0.2, -0.15) is 0 Å². The number of fused-ring (bicyclic) bond motifs is 6. The van der Waals surface area contributed by atoms with E-state index in [0.717, 1.165) is 11.4 Å². The summed E-state index contributed by atoms with van der Waals surface area (Å²) in [6.45, 7) is 0. The van der Waals surface area contributed by atoms with Crippen LogP contribution < -0.4 is 0 Å². The van der Waals surface area contributed by atoms with E-state index in [9.17, 15) is 0 Å². The Hall–Kier alpha value is -4.39. The van der Waals surface area contributed by atoms with Gasteiger partial charge in [-0.05, 0) is 85.3 Å². The van der Waals surface area contributed by atoms with E-state index in [4.69, 9.17) is 11.6 Å². The predicted molar refractivity (Wildman–Crippen MR) is 162 cm³/mol. The summed E-state index contributed by atoms with van der Waals surface area (Å²) in [5.41, 5.74) is 15.3. The van der Waals surface area contributed by atoms with Gasteiger partial charge in [-0.1, -0.05) is 139 Å². The summed E-state index contributed by atoms with van der Waals surface area (Å²) in [5, 5.41) is 0.801. The van der Waals surface area contributed by atoms with Crippen molar-refractivity contribution in [2.45, 2.75) is 11.8 Å². The SMILES string of the molecule is Clc1ccc2c(c1)Cc1cc(-c3ccccc3C3(c4ccccc4)c4ccccc4-c4ccccc43)ccc1-2. The average molecular weight is 517 g/mol. The Morgan fingerprint density at radius 1 is 0.436 bits per heavy atom. The van der Waals surface area contributed by atoms with E-state index in [0.29, 0.717) is 0 Å². The molecule has 0 amide bonds. The first kappa shape index (κ1) is 22.6. The lowest BCUT2D eigenvalue weighted by molar-refractivity contribution is 0.770. The second kappa shape index (κ2) is 8.56. The first-order valence-corrected chi connectivity index (χ1v) is 13.9. The molecule has 0 saturated carbocycles. The molecule has 0 atom stereocenters. The van der Waals surface area contributed by atoms with Crippen LogP contribution >= 0.6 is 11.6 Å². The number of hydrogen-bond donors (Lipinski definition) is 0. The minimum Gasteiger partial charge on any atom is -0.0843 e.